The van der Waals surface area contributed by atoms with Gasteiger partial charge in [0.2, 0.25) is 5.91 Å². The summed E-state index contributed by atoms with van der Waals surface area (Å²) in [5.41, 5.74) is 1.12. The number of allylic oxidation sites excluding steroid dienone is 1. The average molecular weight is 356 g/mol. The zero-order valence-electron chi connectivity index (χ0n) is 14.1. The normalized spacial score (nSPS) is 10.1. The van der Waals surface area contributed by atoms with Crippen molar-refractivity contribution in [3.05, 3.63) is 48.3 Å². The summed E-state index contributed by atoms with van der Waals surface area (Å²) in [6.45, 7) is 6.80. The quantitative estimate of drug-likeness (QED) is 0.424. The van der Waals surface area contributed by atoms with E-state index in [0.29, 0.717) is 17.5 Å². The van der Waals surface area contributed by atoms with E-state index in [2.05, 4.69) is 28.0 Å². The van der Waals surface area contributed by atoms with Gasteiger partial charge in [0.1, 0.15) is 12.4 Å². The van der Waals surface area contributed by atoms with Crippen molar-refractivity contribution in [3.63, 3.8) is 0 Å². The molecule has 7 heteroatoms. The lowest BCUT2D eigenvalue weighted by Gasteiger charge is -2.09. The molecule has 0 fully saturated rings. The molecule has 0 bridgehead atoms. The van der Waals surface area contributed by atoms with E-state index in [1.807, 2.05) is 35.8 Å². The molecule has 2 aromatic rings. The van der Waals surface area contributed by atoms with Gasteiger partial charge in [-0.3, -0.25) is 9.36 Å². The van der Waals surface area contributed by atoms with Crippen molar-refractivity contribution in [2.24, 2.45) is 0 Å². The number of aromatic nitrogens is 3. The van der Waals surface area contributed by atoms with Crippen molar-refractivity contribution >= 4 is 17.7 Å². The first kappa shape index (κ1) is 18.6. The zero-order chi connectivity index (χ0) is 18.1. The van der Waals surface area contributed by atoms with Gasteiger partial charge in [-0.25, -0.2) is 0 Å². The van der Waals surface area contributed by atoms with Crippen LogP contribution >= 0.6 is 11.8 Å². The van der Waals surface area contributed by atoms with Gasteiger partial charge in [-0.2, -0.15) is 0 Å². The fourth-order valence-electron chi connectivity index (χ4n) is 2.03. The van der Waals surface area contributed by atoms with Crippen LogP contribution in [0.25, 0.3) is 0 Å². The molecule has 1 amide bonds. The van der Waals surface area contributed by atoms with E-state index in [1.54, 1.807) is 6.08 Å². The van der Waals surface area contributed by atoms with E-state index in [-0.39, 0.29) is 24.8 Å². The molecule has 0 unspecified atom stereocenters. The molecule has 0 saturated heterocycles. The van der Waals surface area contributed by atoms with Gasteiger partial charge in [0, 0.05) is 6.54 Å². The van der Waals surface area contributed by atoms with E-state index >= 15 is 0 Å². The Labute approximate surface area is 151 Å². The molecule has 0 saturated carbocycles. The molecule has 1 N–H and O–H groups in total. The number of hydrogen-bond acceptors (Lipinski definition) is 5. The summed E-state index contributed by atoms with van der Waals surface area (Å²) in [5, 5.41) is 11.6. The molecule has 0 atom stereocenters. The van der Waals surface area contributed by atoms with Gasteiger partial charge in [-0.15, -0.1) is 23.2 Å². The summed E-state index contributed by atoms with van der Waals surface area (Å²) >= 11 is 1.30. The third-order valence-electron chi connectivity index (χ3n) is 3.18. The van der Waals surface area contributed by atoms with Crippen molar-refractivity contribution in [3.8, 4) is 18.1 Å². The summed E-state index contributed by atoms with van der Waals surface area (Å²) in [5.74, 6) is 3.89. The second kappa shape index (κ2) is 9.55. The molecule has 0 aliphatic heterocycles. The molecule has 6 nitrogen and oxygen atoms in total. The SMILES string of the molecule is C#CCNC(=O)CSc1nnc(COc2cccc(C)c2)n1CC=C. The third-order valence-corrected chi connectivity index (χ3v) is 4.15. The van der Waals surface area contributed by atoms with E-state index in [1.165, 1.54) is 11.8 Å². The number of ether oxygens (including phenoxy) is 1. The third kappa shape index (κ3) is 5.69. The number of amides is 1. The van der Waals surface area contributed by atoms with E-state index in [0.717, 1.165) is 11.3 Å². The number of benzene rings is 1. The lowest BCUT2D eigenvalue weighted by molar-refractivity contribution is -0.118. The summed E-state index contributed by atoms with van der Waals surface area (Å²) in [4.78, 5) is 11.7. The fraction of sp³-hybridized carbons (Fsp3) is 0.278. The first-order chi connectivity index (χ1) is 12.1. The number of hydrogen-bond donors (Lipinski definition) is 1. The monoisotopic (exact) mass is 356 g/mol. The van der Waals surface area contributed by atoms with E-state index < -0.39 is 0 Å². The van der Waals surface area contributed by atoms with Crippen LogP contribution in [0, 0.1) is 19.3 Å². The number of aryl methyl sites for hydroxylation is 1. The molecular weight excluding hydrogens is 336 g/mol. The van der Waals surface area contributed by atoms with Crippen LogP contribution in [-0.4, -0.2) is 33.0 Å². The van der Waals surface area contributed by atoms with Gasteiger partial charge in [0.15, 0.2) is 11.0 Å². The van der Waals surface area contributed by atoms with Crippen molar-refractivity contribution in [1.29, 1.82) is 0 Å². The van der Waals surface area contributed by atoms with Crippen LogP contribution in [0.5, 0.6) is 5.75 Å². The fourth-order valence-corrected chi connectivity index (χ4v) is 2.83. The summed E-state index contributed by atoms with van der Waals surface area (Å²) in [6, 6.07) is 7.80. The molecule has 0 spiro atoms. The highest BCUT2D eigenvalue weighted by Crippen LogP contribution is 2.19. The lowest BCUT2D eigenvalue weighted by atomic mass is 10.2. The van der Waals surface area contributed by atoms with Crippen LogP contribution in [0.3, 0.4) is 0 Å². The van der Waals surface area contributed by atoms with Crippen molar-refractivity contribution in [2.75, 3.05) is 12.3 Å². The minimum Gasteiger partial charge on any atom is -0.486 e. The second-order valence-electron chi connectivity index (χ2n) is 5.17. The number of carbonyl (C=O) groups is 1. The smallest absolute Gasteiger partial charge is 0.231 e. The topological polar surface area (TPSA) is 69.0 Å². The highest BCUT2D eigenvalue weighted by molar-refractivity contribution is 7.99. The van der Waals surface area contributed by atoms with Crippen LogP contribution < -0.4 is 10.1 Å². The van der Waals surface area contributed by atoms with Gasteiger partial charge in [-0.1, -0.05) is 35.9 Å². The number of thioether (sulfide) groups is 1. The van der Waals surface area contributed by atoms with Gasteiger partial charge in [0.25, 0.3) is 0 Å². The number of nitrogens with one attached hydrogen (secondary N) is 1. The largest absolute Gasteiger partial charge is 0.486 e. The van der Waals surface area contributed by atoms with Gasteiger partial charge >= 0.3 is 0 Å². The summed E-state index contributed by atoms with van der Waals surface area (Å²) < 4.78 is 7.66. The molecule has 2 rings (SSSR count). The summed E-state index contributed by atoms with van der Waals surface area (Å²) in [7, 11) is 0. The average Bonchev–Trinajstić information content (AvgIpc) is 2.98. The Bertz CT molecular complexity index is 780. The van der Waals surface area contributed by atoms with E-state index in [4.69, 9.17) is 11.2 Å². The highest BCUT2D eigenvalue weighted by Gasteiger charge is 2.14. The Balaban J connectivity index is 2.01. The van der Waals surface area contributed by atoms with Crippen molar-refractivity contribution < 1.29 is 9.53 Å². The first-order valence-electron chi connectivity index (χ1n) is 7.69. The van der Waals surface area contributed by atoms with E-state index in [9.17, 15) is 4.79 Å². The standard InChI is InChI=1S/C18H20N4O2S/c1-4-9-19-17(23)13-25-18-21-20-16(22(18)10-5-2)12-24-15-8-6-7-14(3)11-15/h1,5-8,11H,2,9-10,12-13H2,3H3,(H,19,23). The van der Waals surface area contributed by atoms with Crippen LogP contribution in [0.15, 0.2) is 42.1 Å². The molecule has 1 heterocycles. The second-order valence-corrected chi connectivity index (χ2v) is 6.12. The van der Waals surface area contributed by atoms with Gasteiger partial charge < -0.3 is 10.1 Å². The zero-order valence-corrected chi connectivity index (χ0v) is 14.9. The molecule has 0 radical (unpaired) electrons. The number of rotatable bonds is 9. The molecule has 1 aromatic heterocycles. The number of nitrogens with zero attached hydrogens (tertiary/aromatic N) is 3. The molecule has 0 aliphatic rings. The number of carbonyl (C=O) groups excluding carboxylic acids is 1. The van der Waals surface area contributed by atoms with Crippen LogP contribution in [0.1, 0.15) is 11.4 Å². The number of terminal acetylenes is 1. The molecule has 0 aliphatic carbocycles. The maximum absolute atomic E-state index is 11.7. The Morgan fingerprint density at radius 2 is 2.36 bits per heavy atom. The minimum atomic E-state index is -0.145. The van der Waals surface area contributed by atoms with Gasteiger partial charge in [0.05, 0.1) is 12.3 Å². The van der Waals surface area contributed by atoms with Gasteiger partial charge in [-0.05, 0) is 24.6 Å². The molecular formula is C18H20N4O2S. The predicted octanol–water partition coefficient (Wildman–Crippen LogP) is 2.19. The Kier molecular flexibility index (Phi) is 7.11. The minimum absolute atomic E-state index is 0.145. The maximum Gasteiger partial charge on any atom is 0.231 e. The van der Waals surface area contributed by atoms with Crippen molar-refractivity contribution in [1.82, 2.24) is 20.1 Å². The molecule has 1 aromatic carbocycles. The Morgan fingerprint density at radius 3 is 3.08 bits per heavy atom. The molecule has 130 valence electrons. The van der Waals surface area contributed by atoms with Crippen molar-refractivity contribution in [2.45, 2.75) is 25.2 Å². The first-order valence-corrected chi connectivity index (χ1v) is 8.68. The Hall–Kier alpha value is -2.72. The van der Waals surface area contributed by atoms with Crippen LogP contribution in [0.2, 0.25) is 0 Å². The highest BCUT2D eigenvalue weighted by atomic mass is 32.2. The maximum atomic E-state index is 11.7. The lowest BCUT2D eigenvalue weighted by Crippen LogP contribution is -2.25. The Morgan fingerprint density at radius 1 is 1.52 bits per heavy atom. The summed E-state index contributed by atoms with van der Waals surface area (Å²) in [6.07, 6.45) is 6.87. The van der Waals surface area contributed by atoms with Crippen LogP contribution in [-0.2, 0) is 17.9 Å². The predicted molar refractivity (Wildman–Crippen MR) is 98.3 cm³/mol. The van der Waals surface area contributed by atoms with Crippen LogP contribution in [0.4, 0.5) is 0 Å². The molecule has 25 heavy (non-hydrogen) atoms.